The molecule has 0 aromatic heterocycles. The summed E-state index contributed by atoms with van der Waals surface area (Å²) in [6.07, 6.45) is 1.05. The van der Waals surface area contributed by atoms with Gasteiger partial charge in [0, 0.05) is 0 Å². The molecule has 2 aromatic rings. The molecular formula is C39H64. The minimum atomic E-state index is 0.0237. The monoisotopic (exact) mass is 533 g/mol. The van der Waals surface area contributed by atoms with Crippen molar-refractivity contribution in [1.29, 1.82) is 0 Å². The normalized spacial score (nSPS) is 15.1. The highest BCUT2D eigenvalue weighted by atomic mass is 14.5. The van der Waals surface area contributed by atoms with E-state index >= 15 is 0 Å². The molecule has 39 heavy (non-hydrogen) atoms. The van der Waals surface area contributed by atoms with E-state index in [1.807, 2.05) is 0 Å². The first-order valence-electron chi connectivity index (χ1n) is 15.4. The zero-order valence-electron chi connectivity index (χ0n) is 29.6. The van der Waals surface area contributed by atoms with Crippen LogP contribution in [0.15, 0.2) is 24.3 Å². The Hall–Kier alpha value is -1.56. The van der Waals surface area contributed by atoms with E-state index in [2.05, 4.69) is 156 Å². The molecule has 0 heteroatoms. The van der Waals surface area contributed by atoms with Gasteiger partial charge < -0.3 is 0 Å². The van der Waals surface area contributed by atoms with E-state index in [0.717, 1.165) is 6.42 Å². The number of benzene rings is 2. The molecule has 0 aliphatic heterocycles. The van der Waals surface area contributed by atoms with Crippen LogP contribution in [-0.2, 0) is 38.9 Å². The van der Waals surface area contributed by atoms with Gasteiger partial charge in [-0.15, -0.1) is 0 Å². The summed E-state index contributed by atoms with van der Waals surface area (Å²) in [5.74, 6) is 0.403. The maximum absolute atomic E-state index is 2.50. The van der Waals surface area contributed by atoms with Crippen LogP contribution >= 0.6 is 0 Å². The molecule has 0 nitrogen and oxygen atoms in total. The van der Waals surface area contributed by atoms with E-state index in [-0.39, 0.29) is 32.5 Å². The standard InChI is InChI=1S/C39H64/c1-25(23-26-21-20-22-27(24-26)34(2,3)4)28-29(35(5,6)7)31(37(11,12)13)33(39(17,18)19)32(38(14,15)16)30(28)36(8,9)10/h20-22,24-25H,23H2,1-19H3. The average molecular weight is 533 g/mol. The summed E-state index contributed by atoms with van der Waals surface area (Å²) in [7, 11) is 0. The molecule has 1 unspecified atom stereocenters. The van der Waals surface area contributed by atoms with Gasteiger partial charge in [-0.1, -0.05) is 156 Å². The van der Waals surface area contributed by atoms with Gasteiger partial charge in [0.1, 0.15) is 0 Å². The lowest BCUT2D eigenvalue weighted by Gasteiger charge is -2.47. The Morgan fingerprint density at radius 2 is 0.795 bits per heavy atom. The predicted octanol–water partition coefficient (Wildman–Crippen LogP) is 11.8. The summed E-state index contributed by atoms with van der Waals surface area (Å²) in [6, 6.07) is 9.37. The van der Waals surface area contributed by atoms with Crippen LogP contribution in [0.1, 0.15) is 182 Å². The number of hydrogen-bond acceptors (Lipinski definition) is 0. The summed E-state index contributed by atoms with van der Waals surface area (Å²) in [5, 5.41) is 0. The second-order valence-electron chi connectivity index (χ2n) is 18.6. The summed E-state index contributed by atoms with van der Waals surface area (Å²) in [5.41, 5.74) is 12.7. The molecule has 0 saturated heterocycles. The lowest BCUT2D eigenvalue weighted by Crippen LogP contribution is -2.37. The lowest BCUT2D eigenvalue weighted by atomic mass is 9.58. The maximum atomic E-state index is 2.50. The Balaban J connectivity index is 3.23. The summed E-state index contributed by atoms with van der Waals surface area (Å²) < 4.78 is 0. The topological polar surface area (TPSA) is 0 Å². The van der Waals surface area contributed by atoms with Crippen molar-refractivity contribution in [1.82, 2.24) is 0 Å². The van der Waals surface area contributed by atoms with Gasteiger partial charge >= 0.3 is 0 Å². The smallest absolute Gasteiger partial charge is 0.0126 e. The summed E-state index contributed by atoms with van der Waals surface area (Å²) in [6.45, 7) is 46.1. The first-order chi connectivity index (χ1) is 17.1. The molecule has 0 spiro atoms. The number of rotatable bonds is 3. The Bertz CT molecular complexity index is 1110. The molecule has 0 bridgehead atoms. The van der Waals surface area contributed by atoms with Crippen LogP contribution in [0.25, 0.3) is 0 Å². The minimum absolute atomic E-state index is 0.0237. The van der Waals surface area contributed by atoms with Crippen LogP contribution in [0.3, 0.4) is 0 Å². The summed E-state index contributed by atoms with van der Waals surface area (Å²) >= 11 is 0. The maximum Gasteiger partial charge on any atom is -0.0126 e. The first kappa shape index (κ1) is 33.6. The van der Waals surface area contributed by atoms with Crippen LogP contribution in [-0.4, -0.2) is 0 Å². The first-order valence-corrected chi connectivity index (χ1v) is 15.4. The fourth-order valence-corrected chi connectivity index (χ4v) is 6.69. The quantitative estimate of drug-likeness (QED) is 0.369. The van der Waals surface area contributed by atoms with Crippen LogP contribution in [0.2, 0.25) is 0 Å². The SMILES string of the molecule is CC(Cc1cccc(C(C)(C)C)c1)c1c(C(C)(C)C)c(C(C)(C)C)c(C(C)(C)C)c(C(C)(C)C)c1C(C)(C)C. The Morgan fingerprint density at radius 3 is 1.10 bits per heavy atom. The van der Waals surface area contributed by atoms with E-state index in [1.165, 1.54) is 11.1 Å². The van der Waals surface area contributed by atoms with Crippen molar-refractivity contribution in [3.8, 4) is 0 Å². The molecule has 1 atom stereocenters. The third-order valence-corrected chi connectivity index (χ3v) is 8.12. The Kier molecular flexibility index (Phi) is 8.94. The van der Waals surface area contributed by atoms with E-state index in [1.54, 1.807) is 33.4 Å². The van der Waals surface area contributed by atoms with Crippen molar-refractivity contribution in [3.63, 3.8) is 0 Å². The van der Waals surface area contributed by atoms with Gasteiger partial charge in [-0.2, -0.15) is 0 Å². The van der Waals surface area contributed by atoms with Crippen molar-refractivity contribution in [3.05, 3.63) is 68.8 Å². The van der Waals surface area contributed by atoms with E-state index < -0.39 is 0 Å². The lowest BCUT2D eigenvalue weighted by molar-refractivity contribution is 0.449. The van der Waals surface area contributed by atoms with Gasteiger partial charge in [-0.3, -0.25) is 0 Å². The zero-order chi connectivity index (χ0) is 30.7. The molecule has 0 saturated carbocycles. The van der Waals surface area contributed by atoms with Gasteiger partial charge in [0.15, 0.2) is 0 Å². The van der Waals surface area contributed by atoms with E-state index in [0.29, 0.717) is 5.92 Å². The van der Waals surface area contributed by atoms with Crippen molar-refractivity contribution >= 4 is 0 Å². The van der Waals surface area contributed by atoms with Crippen LogP contribution < -0.4 is 0 Å². The molecule has 0 heterocycles. The molecule has 2 rings (SSSR count). The van der Waals surface area contributed by atoms with Crippen molar-refractivity contribution in [2.45, 2.75) is 176 Å². The van der Waals surface area contributed by atoms with Crippen molar-refractivity contribution < 1.29 is 0 Å². The van der Waals surface area contributed by atoms with Crippen molar-refractivity contribution in [2.75, 3.05) is 0 Å². The van der Waals surface area contributed by atoms with Crippen LogP contribution in [0, 0.1) is 0 Å². The van der Waals surface area contributed by atoms with Gasteiger partial charge in [0.2, 0.25) is 0 Å². The molecule has 0 radical (unpaired) electrons. The van der Waals surface area contributed by atoms with Gasteiger partial charge in [0.25, 0.3) is 0 Å². The van der Waals surface area contributed by atoms with Crippen LogP contribution in [0.4, 0.5) is 0 Å². The molecule has 0 N–H and O–H groups in total. The van der Waals surface area contributed by atoms with E-state index in [9.17, 15) is 0 Å². The fourth-order valence-electron chi connectivity index (χ4n) is 6.69. The minimum Gasteiger partial charge on any atom is -0.0617 e. The Labute approximate surface area is 244 Å². The molecule has 0 fully saturated rings. The van der Waals surface area contributed by atoms with E-state index in [4.69, 9.17) is 0 Å². The molecule has 0 aliphatic rings. The highest BCUT2D eigenvalue weighted by molar-refractivity contribution is 5.63. The number of hydrogen-bond donors (Lipinski definition) is 0. The zero-order valence-corrected chi connectivity index (χ0v) is 29.6. The summed E-state index contributed by atoms with van der Waals surface area (Å²) in [4.78, 5) is 0. The van der Waals surface area contributed by atoms with Gasteiger partial charge in [-0.05, 0) is 89.3 Å². The highest BCUT2D eigenvalue weighted by Gasteiger charge is 2.43. The molecule has 0 amide bonds. The third-order valence-electron chi connectivity index (χ3n) is 8.12. The van der Waals surface area contributed by atoms with Crippen molar-refractivity contribution in [2.24, 2.45) is 0 Å². The second-order valence-corrected chi connectivity index (χ2v) is 18.6. The fraction of sp³-hybridized carbons (Fsp3) is 0.692. The Morgan fingerprint density at radius 1 is 0.462 bits per heavy atom. The molecule has 220 valence electrons. The average Bonchev–Trinajstić information content (AvgIpc) is 2.67. The van der Waals surface area contributed by atoms with Gasteiger partial charge in [0.05, 0.1) is 0 Å². The molecule has 0 aliphatic carbocycles. The third kappa shape index (κ3) is 7.40. The molecular weight excluding hydrogens is 468 g/mol. The largest absolute Gasteiger partial charge is 0.0617 e. The van der Waals surface area contributed by atoms with Crippen LogP contribution in [0.5, 0.6) is 0 Å². The molecule has 2 aromatic carbocycles. The highest BCUT2D eigenvalue weighted by Crippen LogP contribution is 2.53. The van der Waals surface area contributed by atoms with Gasteiger partial charge in [-0.25, -0.2) is 0 Å². The predicted molar refractivity (Wildman–Crippen MR) is 177 cm³/mol. The second kappa shape index (κ2) is 10.4.